The Morgan fingerprint density at radius 3 is 2.60 bits per heavy atom. The first-order valence-electron chi connectivity index (χ1n) is 8.52. The number of nitrogens with zero attached hydrogens (tertiary/aromatic N) is 1. The predicted molar refractivity (Wildman–Crippen MR) is 85.0 cm³/mol. The SMILES string of the molecule is CCC(C)C1CN(C(C)CCOC)C(C)(C2CC2)CN1. The first kappa shape index (κ1) is 16.3. The van der Waals surface area contributed by atoms with Crippen molar-refractivity contribution in [1.29, 1.82) is 0 Å². The second kappa shape index (κ2) is 6.76. The van der Waals surface area contributed by atoms with Crippen molar-refractivity contribution < 1.29 is 4.74 Å². The van der Waals surface area contributed by atoms with Crippen LogP contribution < -0.4 is 5.32 Å². The fourth-order valence-electron chi connectivity index (χ4n) is 3.80. The maximum absolute atomic E-state index is 5.30. The minimum Gasteiger partial charge on any atom is -0.385 e. The molecule has 0 radical (unpaired) electrons. The van der Waals surface area contributed by atoms with Gasteiger partial charge in [0.25, 0.3) is 0 Å². The molecule has 3 nitrogen and oxygen atoms in total. The van der Waals surface area contributed by atoms with Crippen molar-refractivity contribution in [2.45, 2.75) is 71.0 Å². The summed E-state index contributed by atoms with van der Waals surface area (Å²) in [4.78, 5) is 2.80. The normalized spacial score (nSPS) is 35.0. The molecule has 3 heteroatoms. The molecule has 0 bridgehead atoms. The fourth-order valence-corrected chi connectivity index (χ4v) is 3.80. The second-order valence-corrected chi connectivity index (χ2v) is 7.29. The molecule has 0 aromatic heterocycles. The van der Waals surface area contributed by atoms with E-state index in [1.807, 2.05) is 7.11 Å². The van der Waals surface area contributed by atoms with Crippen LogP contribution in [0.15, 0.2) is 0 Å². The van der Waals surface area contributed by atoms with Crippen LogP contribution in [-0.2, 0) is 4.74 Å². The number of methoxy groups -OCH3 is 1. The zero-order valence-electron chi connectivity index (χ0n) is 14.1. The highest BCUT2D eigenvalue weighted by atomic mass is 16.5. The molecule has 20 heavy (non-hydrogen) atoms. The van der Waals surface area contributed by atoms with Crippen molar-refractivity contribution in [3.8, 4) is 0 Å². The summed E-state index contributed by atoms with van der Waals surface area (Å²) < 4.78 is 5.30. The lowest BCUT2D eigenvalue weighted by Crippen LogP contribution is -2.67. The molecule has 1 aliphatic heterocycles. The first-order chi connectivity index (χ1) is 9.52. The summed E-state index contributed by atoms with van der Waals surface area (Å²) in [5.41, 5.74) is 0.358. The molecule has 0 amide bonds. The molecular formula is C17H34N2O. The van der Waals surface area contributed by atoms with Gasteiger partial charge in [-0.2, -0.15) is 0 Å². The molecule has 1 N–H and O–H groups in total. The average Bonchev–Trinajstić information content (AvgIpc) is 3.29. The van der Waals surface area contributed by atoms with E-state index in [0.717, 1.165) is 31.4 Å². The van der Waals surface area contributed by atoms with Gasteiger partial charge in [-0.3, -0.25) is 4.90 Å². The third-order valence-electron chi connectivity index (χ3n) is 5.83. The molecule has 2 fully saturated rings. The maximum atomic E-state index is 5.30. The number of piperazine rings is 1. The van der Waals surface area contributed by atoms with Gasteiger partial charge < -0.3 is 10.1 Å². The van der Waals surface area contributed by atoms with Crippen LogP contribution in [0.25, 0.3) is 0 Å². The van der Waals surface area contributed by atoms with Crippen LogP contribution in [0.2, 0.25) is 0 Å². The maximum Gasteiger partial charge on any atom is 0.0477 e. The summed E-state index contributed by atoms with van der Waals surface area (Å²) in [5.74, 6) is 1.66. The van der Waals surface area contributed by atoms with Gasteiger partial charge in [0.1, 0.15) is 0 Å². The van der Waals surface area contributed by atoms with Crippen LogP contribution >= 0.6 is 0 Å². The standard InChI is InChI=1S/C17H34N2O/c1-6-13(2)16-11-19(14(3)9-10-20-5)17(4,12-18-16)15-7-8-15/h13-16,18H,6-12H2,1-5H3. The van der Waals surface area contributed by atoms with Crippen LogP contribution in [-0.4, -0.2) is 49.3 Å². The Labute approximate surface area is 125 Å². The summed E-state index contributed by atoms with van der Waals surface area (Å²) >= 11 is 0. The molecule has 2 rings (SSSR count). The van der Waals surface area contributed by atoms with Gasteiger partial charge in [-0.25, -0.2) is 0 Å². The summed E-state index contributed by atoms with van der Waals surface area (Å²) in [7, 11) is 1.81. The highest BCUT2D eigenvalue weighted by molar-refractivity contribution is 5.06. The molecule has 4 atom stereocenters. The van der Waals surface area contributed by atoms with Crippen molar-refractivity contribution >= 4 is 0 Å². The van der Waals surface area contributed by atoms with E-state index < -0.39 is 0 Å². The number of ether oxygens (including phenoxy) is 1. The third kappa shape index (κ3) is 3.37. The van der Waals surface area contributed by atoms with Crippen molar-refractivity contribution in [1.82, 2.24) is 10.2 Å². The van der Waals surface area contributed by atoms with E-state index >= 15 is 0 Å². The van der Waals surface area contributed by atoms with Gasteiger partial charge >= 0.3 is 0 Å². The Balaban J connectivity index is 2.06. The number of rotatable bonds is 7. The highest BCUT2D eigenvalue weighted by Crippen LogP contribution is 2.45. The predicted octanol–water partition coefficient (Wildman–Crippen LogP) is 2.90. The smallest absolute Gasteiger partial charge is 0.0477 e. The quantitative estimate of drug-likeness (QED) is 0.777. The zero-order chi connectivity index (χ0) is 14.8. The van der Waals surface area contributed by atoms with E-state index in [0.29, 0.717) is 17.6 Å². The number of hydrogen-bond donors (Lipinski definition) is 1. The topological polar surface area (TPSA) is 24.5 Å². The molecule has 118 valence electrons. The van der Waals surface area contributed by atoms with Crippen LogP contribution in [0.1, 0.15) is 53.4 Å². The number of nitrogens with one attached hydrogen (secondary N) is 1. The van der Waals surface area contributed by atoms with Crippen molar-refractivity contribution in [3.05, 3.63) is 0 Å². The molecule has 2 aliphatic rings. The van der Waals surface area contributed by atoms with E-state index in [1.54, 1.807) is 0 Å². The first-order valence-corrected chi connectivity index (χ1v) is 8.52. The lowest BCUT2D eigenvalue weighted by molar-refractivity contribution is -0.0143. The van der Waals surface area contributed by atoms with Crippen LogP contribution in [0.4, 0.5) is 0 Å². The molecule has 1 heterocycles. The monoisotopic (exact) mass is 282 g/mol. The van der Waals surface area contributed by atoms with E-state index in [-0.39, 0.29) is 0 Å². The fraction of sp³-hybridized carbons (Fsp3) is 1.00. The molecule has 0 spiro atoms. The largest absolute Gasteiger partial charge is 0.385 e. The van der Waals surface area contributed by atoms with Crippen LogP contribution in [0.5, 0.6) is 0 Å². The van der Waals surface area contributed by atoms with Gasteiger partial charge in [0.05, 0.1) is 0 Å². The molecule has 1 saturated heterocycles. The van der Waals surface area contributed by atoms with Crippen LogP contribution in [0, 0.1) is 11.8 Å². The summed E-state index contributed by atoms with van der Waals surface area (Å²) in [6.45, 7) is 12.8. The zero-order valence-corrected chi connectivity index (χ0v) is 14.1. The molecule has 0 aromatic rings. The Morgan fingerprint density at radius 2 is 2.05 bits per heavy atom. The molecule has 4 unspecified atom stereocenters. The van der Waals surface area contributed by atoms with Gasteiger partial charge in [-0.15, -0.1) is 0 Å². The van der Waals surface area contributed by atoms with Crippen molar-refractivity contribution in [2.24, 2.45) is 11.8 Å². The van der Waals surface area contributed by atoms with Crippen LogP contribution in [0.3, 0.4) is 0 Å². The minimum atomic E-state index is 0.358. The minimum absolute atomic E-state index is 0.358. The Kier molecular flexibility index (Phi) is 5.49. The van der Waals surface area contributed by atoms with E-state index in [4.69, 9.17) is 4.74 Å². The third-order valence-corrected chi connectivity index (χ3v) is 5.83. The van der Waals surface area contributed by atoms with E-state index in [1.165, 1.54) is 25.8 Å². The summed E-state index contributed by atoms with van der Waals surface area (Å²) in [6, 6.07) is 1.27. The average molecular weight is 282 g/mol. The lowest BCUT2D eigenvalue weighted by atomic mass is 9.84. The Hall–Kier alpha value is -0.120. The van der Waals surface area contributed by atoms with Gasteiger partial charge in [0.2, 0.25) is 0 Å². The van der Waals surface area contributed by atoms with Gasteiger partial charge in [-0.1, -0.05) is 20.3 Å². The van der Waals surface area contributed by atoms with Gasteiger partial charge in [-0.05, 0) is 44.9 Å². The van der Waals surface area contributed by atoms with Crippen molar-refractivity contribution in [3.63, 3.8) is 0 Å². The van der Waals surface area contributed by atoms with Gasteiger partial charge in [0, 0.05) is 44.4 Å². The lowest BCUT2D eigenvalue weighted by Gasteiger charge is -2.52. The van der Waals surface area contributed by atoms with E-state index in [9.17, 15) is 0 Å². The Bertz CT molecular complexity index is 305. The molecule has 0 aromatic carbocycles. The molecular weight excluding hydrogens is 248 g/mol. The Morgan fingerprint density at radius 1 is 1.35 bits per heavy atom. The summed E-state index contributed by atoms with van der Waals surface area (Å²) in [6.07, 6.45) is 5.24. The molecule has 1 saturated carbocycles. The number of hydrogen-bond acceptors (Lipinski definition) is 3. The van der Waals surface area contributed by atoms with Crippen molar-refractivity contribution in [2.75, 3.05) is 26.8 Å². The summed E-state index contributed by atoms with van der Waals surface area (Å²) in [5, 5.41) is 3.85. The second-order valence-electron chi connectivity index (χ2n) is 7.29. The molecule has 1 aliphatic carbocycles. The van der Waals surface area contributed by atoms with Gasteiger partial charge in [0.15, 0.2) is 0 Å². The van der Waals surface area contributed by atoms with E-state index in [2.05, 4.69) is 37.9 Å². The highest BCUT2D eigenvalue weighted by Gasteiger charge is 2.49.